The SMILES string of the molecule is O=C(N/N=C/c1ccccc1)C1CC1. The molecule has 0 bridgehead atoms. The van der Waals surface area contributed by atoms with E-state index in [9.17, 15) is 4.79 Å². The van der Waals surface area contributed by atoms with Crippen molar-refractivity contribution >= 4 is 12.1 Å². The lowest BCUT2D eigenvalue weighted by Crippen LogP contribution is -2.18. The van der Waals surface area contributed by atoms with Gasteiger partial charge in [0.15, 0.2) is 0 Å². The number of carbonyl (C=O) groups is 1. The van der Waals surface area contributed by atoms with Gasteiger partial charge in [0.25, 0.3) is 0 Å². The van der Waals surface area contributed by atoms with Gasteiger partial charge in [0.2, 0.25) is 5.91 Å². The van der Waals surface area contributed by atoms with Crippen LogP contribution in [0.15, 0.2) is 35.4 Å². The second-order valence-corrected chi connectivity index (χ2v) is 3.42. The highest BCUT2D eigenvalue weighted by Gasteiger charge is 2.29. The predicted octanol–water partition coefficient (Wildman–Crippen LogP) is 1.55. The minimum absolute atomic E-state index is 0.0391. The third kappa shape index (κ3) is 2.42. The van der Waals surface area contributed by atoms with Crippen molar-refractivity contribution in [3.05, 3.63) is 35.9 Å². The van der Waals surface area contributed by atoms with Crippen LogP contribution in [0.1, 0.15) is 18.4 Å². The lowest BCUT2D eigenvalue weighted by Gasteiger charge is -1.95. The van der Waals surface area contributed by atoms with E-state index in [0.717, 1.165) is 18.4 Å². The molecule has 0 radical (unpaired) electrons. The third-order valence-electron chi connectivity index (χ3n) is 2.14. The molecular formula is C11H12N2O. The average Bonchev–Trinajstić information content (AvgIpc) is 3.02. The zero-order chi connectivity index (χ0) is 9.80. The molecule has 0 unspecified atom stereocenters. The summed E-state index contributed by atoms with van der Waals surface area (Å²) < 4.78 is 0. The van der Waals surface area contributed by atoms with Gasteiger partial charge in [0.1, 0.15) is 0 Å². The summed E-state index contributed by atoms with van der Waals surface area (Å²) in [6.45, 7) is 0. The summed E-state index contributed by atoms with van der Waals surface area (Å²) in [4.78, 5) is 11.2. The highest BCUT2D eigenvalue weighted by atomic mass is 16.2. The van der Waals surface area contributed by atoms with Gasteiger partial charge in [-0.2, -0.15) is 5.10 Å². The second kappa shape index (κ2) is 4.05. The van der Waals surface area contributed by atoms with Crippen LogP contribution < -0.4 is 5.43 Å². The van der Waals surface area contributed by atoms with E-state index in [1.165, 1.54) is 0 Å². The molecule has 0 aliphatic heterocycles. The van der Waals surface area contributed by atoms with Crippen LogP contribution in [0.2, 0.25) is 0 Å². The molecule has 1 saturated carbocycles. The molecule has 1 N–H and O–H groups in total. The maximum absolute atomic E-state index is 11.2. The van der Waals surface area contributed by atoms with Gasteiger partial charge in [-0.3, -0.25) is 4.79 Å². The Hall–Kier alpha value is -1.64. The van der Waals surface area contributed by atoms with Gasteiger partial charge < -0.3 is 0 Å². The van der Waals surface area contributed by atoms with Gasteiger partial charge in [-0.1, -0.05) is 30.3 Å². The predicted molar refractivity (Wildman–Crippen MR) is 54.9 cm³/mol. The smallest absolute Gasteiger partial charge is 0.243 e. The number of nitrogens with one attached hydrogen (secondary N) is 1. The van der Waals surface area contributed by atoms with E-state index in [-0.39, 0.29) is 11.8 Å². The molecule has 1 aliphatic rings. The summed E-state index contributed by atoms with van der Waals surface area (Å²) >= 11 is 0. The maximum atomic E-state index is 11.2. The largest absolute Gasteiger partial charge is 0.273 e. The first-order chi connectivity index (χ1) is 6.86. The molecule has 1 amide bonds. The minimum Gasteiger partial charge on any atom is -0.273 e. The first-order valence-electron chi connectivity index (χ1n) is 4.74. The van der Waals surface area contributed by atoms with Gasteiger partial charge in [-0.25, -0.2) is 5.43 Å². The van der Waals surface area contributed by atoms with Crippen molar-refractivity contribution in [3.63, 3.8) is 0 Å². The number of benzene rings is 1. The Morgan fingerprint density at radius 3 is 2.71 bits per heavy atom. The summed E-state index contributed by atoms with van der Waals surface area (Å²) in [6.07, 6.45) is 3.67. The molecular weight excluding hydrogens is 176 g/mol. The highest BCUT2D eigenvalue weighted by Crippen LogP contribution is 2.28. The molecule has 3 nitrogen and oxygen atoms in total. The number of hydrogen-bond donors (Lipinski definition) is 1. The maximum Gasteiger partial charge on any atom is 0.243 e. The van der Waals surface area contributed by atoms with Crippen molar-refractivity contribution in [2.75, 3.05) is 0 Å². The zero-order valence-corrected chi connectivity index (χ0v) is 7.81. The molecule has 3 heteroatoms. The number of carbonyl (C=O) groups excluding carboxylic acids is 1. The number of amides is 1. The van der Waals surface area contributed by atoms with Crippen molar-refractivity contribution in [3.8, 4) is 0 Å². The summed E-state index contributed by atoms with van der Waals surface area (Å²) in [6, 6.07) is 9.69. The Balaban J connectivity index is 1.85. The molecule has 0 saturated heterocycles. The van der Waals surface area contributed by atoms with E-state index in [1.54, 1.807) is 6.21 Å². The zero-order valence-electron chi connectivity index (χ0n) is 7.81. The second-order valence-electron chi connectivity index (χ2n) is 3.42. The molecule has 0 atom stereocenters. The fourth-order valence-corrected chi connectivity index (χ4v) is 1.15. The number of hydrogen-bond acceptors (Lipinski definition) is 2. The fraction of sp³-hybridized carbons (Fsp3) is 0.273. The standard InChI is InChI=1S/C11H12N2O/c14-11(10-6-7-10)13-12-8-9-4-2-1-3-5-9/h1-5,8,10H,6-7H2,(H,13,14)/b12-8+. The van der Waals surface area contributed by atoms with E-state index in [2.05, 4.69) is 10.5 Å². The summed E-state index contributed by atoms with van der Waals surface area (Å²) in [5.41, 5.74) is 3.51. The lowest BCUT2D eigenvalue weighted by molar-refractivity contribution is -0.122. The highest BCUT2D eigenvalue weighted by molar-refractivity contribution is 5.84. The fourth-order valence-electron chi connectivity index (χ4n) is 1.15. The van der Waals surface area contributed by atoms with E-state index >= 15 is 0 Å². The monoisotopic (exact) mass is 188 g/mol. The van der Waals surface area contributed by atoms with Crippen LogP contribution in [-0.2, 0) is 4.79 Å². The Kier molecular flexibility index (Phi) is 2.58. The summed E-state index contributed by atoms with van der Waals surface area (Å²) in [5.74, 6) is 0.250. The quantitative estimate of drug-likeness (QED) is 0.567. The summed E-state index contributed by atoms with van der Waals surface area (Å²) in [5, 5.41) is 3.88. The van der Waals surface area contributed by atoms with E-state index in [1.807, 2.05) is 30.3 Å². The number of nitrogens with zero attached hydrogens (tertiary/aromatic N) is 1. The van der Waals surface area contributed by atoms with Crippen LogP contribution >= 0.6 is 0 Å². The number of hydrazone groups is 1. The van der Waals surface area contributed by atoms with Crippen molar-refractivity contribution in [2.24, 2.45) is 11.0 Å². The van der Waals surface area contributed by atoms with Crippen LogP contribution in [-0.4, -0.2) is 12.1 Å². The van der Waals surface area contributed by atoms with Crippen LogP contribution in [0, 0.1) is 5.92 Å². The molecule has 0 spiro atoms. The Labute approximate surface area is 82.8 Å². The van der Waals surface area contributed by atoms with Gasteiger partial charge in [-0.05, 0) is 18.4 Å². The van der Waals surface area contributed by atoms with Crippen LogP contribution in [0.4, 0.5) is 0 Å². The van der Waals surface area contributed by atoms with E-state index < -0.39 is 0 Å². The molecule has 1 aliphatic carbocycles. The molecule has 72 valence electrons. The Morgan fingerprint density at radius 1 is 1.36 bits per heavy atom. The van der Waals surface area contributed by atoms with Crippen LogP contribution in [0.3, 0.4) is 0 Å². The van der Waals surface area contributed by atoms with E-state index in [4.69, 9.17) is 0 Å². The van der Waals surface area contributed by atoms with E-state index in [0.29, 0.717) is 0 Å². The molecule has 0 heterocycles. The van der Waals surface area contributed by atoms with Crippen molar-refractivity contribution in [1.29, 1.82) is 0 Å². The molecule has 1 aromatic rings. The van der Waals surface area contributed by atoms with Gasteiger partial charge >= 0.3 is 0 Å². The molecule has 1 fully saturated rings. The van der Waals surface area contributed by atoms with Gasteiger partial charge in [0.05, 0.1) is 6.21 Å². The third-order valence-corrected chi connectivity index (χ3v) is 2.14. The lowest BCUT2D eigenvalue weighted by atomic mass is 10.2. The molecule has 1 aromatic carbocycles. The van der Waals surface area contributed by atoms with Crippen LogP contribution in [0.25, 0.3) is 0 Å². The number of rotatable bonds is 3. The Morgan fingerprint density at radius 2 is 2.07 bits per heavy atom. The van der Waals surface area contributed by atoms with Crippen molar-refractivity contribution in [1.82, 2.24) is 5.43 Å². The van der Waals surface area contributed by atoms with Crippen LogP contribution in [0.5, 0.6) is 0 Å². The topological polar surface area (TPSA) is 41.5 Å². The van der Waals surface area contributed by atoms with Gasteiger partial charge in [-0.15, -0.1) is 0 Å². The van der Waals surface area contributed by atoms with Crippen molar-refractivity contribution in [2.45, 2.75) is 12.8 Å². The first-order valence-corrected chi connectivity index (χ1v) is 4.74. The molecule has 2 rings (SSSR count). The average molecular weight is 188 g/mol. The normalized spacial score (nSPS) is 15.7. The Bertz CT molecular complexity index is 342. The first kappa shape index (κ1) is 8.94. The van der Waals surface area contributed by atoms with Crippen molar-refractivity contribution < 1.29 is 4.79 Å². The molecule has 14 heavy (non-hydrogen) atoms. The van der Waals surface area contributed by atoms with Gasteiger partial charge in [0, 0.05) is 5.92 Å². The minimum atomic E-state index is 0.0391. The summed E-state index contributed by atoms with van der Waals surface area (Å²) in [7, 11) is 0. The molecule has 0 aromatic heterocycles.